The van der Waals surface area contributed by atoms with Crippen LogP contribution in [-0.4, -0.2) is 82.5 Å². The van der Waals surface area contributed by atoms with Gasteiger partial charge in [-0.25, -0.2) is 9.97 Å². The van der Waals surface area contributed by atoms with Crippen molar-refractivity contribution in [1.29, 1.82) is 10.5 Å². The van der Waals surface area contributed by atoms with E-state index in [-0.39, 0.29) is 11.8 Å². The summed E-state index contributed by atoms with van der Waals surface area (Å²) in [6.07, 6.45) is 0. The molecular formula is C28H36N6O3S2. The Morgan fingerprint density at radius 1 is 0.897 bits per heavy atom. The lowest BCUT2D eigenvalue weighted by atomic mass is 10.1. The number of hydrogen-bond donors (Lipinski definition) is 0. The quantitative estimate of drug-likeness (QED) is 0.434. The molecule has 1 fully saturated rings. The molecule has 9 nitrogen and oxygen atoms in total. The average Bonchev–Trinajstić information content (AvgIpc) is 2.91. The van der Waals surface area contributed by atoms with Gasteiger partial charge in [0.2, 0.25) is 11.8 Å². The number of thioether (sulfide) groups is 2. The zero-order valence-electron chi connectivity index (χ0n) is 23.5. The van der Waals surface area contributed by atoms with Gasteiger partial charge in [0, 0.05) is 37.6 Å². The fourth-order valence-electron chi connectivity index (χ4n) is 3.92. The van der Waals surface area contributed by atoms with Crippen LogP contribution in [0.2, 0.25) is 0 Å². The molecule has 2 aromatic rings. The highest BCUT2D eigenvalue weighted by atomic mass is 32.2. The molecule has 1 aliphatic heterocycles. The van der Waals surface area contributed by atoms with E-state index < -0.39 is 0 Å². The molecule has 0 N–H and O–H groups in total. The van der Waals surface area contributed by atoms with E-state index in [1.54, 1.807) is 9.80 Å². The molecule has 0 atom stereocenters. The van der Waals surface area contributed by atoms with Crippen LogP contribution < -0.4 is 0 Å². The number of morpholine rings is 1. The molecule has 0 aromatic carbocycles. The summed E-state index contributed by atoms with van der Waals surface area (Å²) in [5.41, 5.74) is 4.68. The van der Waals surface area contributed by atoms with Crippen LogP contribution >= 0.6 is 23.5 Å². The molecule has 2 amide bonds. The zero-order valence-corrected chi connectivity index (χ0v) is 25.2. The van der Waals surface area contributed by atoms with E-state index in [0.717, 1.165) is 22.5 Å². The molecule has 0 aliphatic carbocycles. The summed E-state index contributed by atoms with van der Waals surface area (Å²) < 4.78 is 5.22. The third-order valence-corrected chi connectivity index (χ3v) is 7.91. The zero-order chi connectivity index (χ0) is 28.9. The summed E-state index contributed by atoms with van der Waals surface area (Å²) in [6, 6.07) is 8.09. The van der Waals surface area contributed by atoms with Crippen molar-refractivity contribution in [2.24, 2.45) is 0 Å². The maximum absolute atomic E-state index is 12.1. The topological polar surface area (TPSA) is 123 Å². The number of carbonyl (C=O) groups is 2. The van der Waals surface area contributed by atoms with Gasteiger partial charge in [0.05, 0.1) is 35.8 Å². The number of nitriles is 2. The van der Waals surface area contributed by atoms with E-state index >= 15 is 0 Å². The maximum atomic E-state index is 12.1. The summed E-state index contributed by atoms with van der Waals surface area (Å²) in [5, 5.41) is 19.6. The Labute approximate surface area is 239 Å². The Balaban J connectivity index is 0.000000274. The lowest BCUT2D eigenvalue weighted by Gasteiger charge is -2.26. The number of carbonyl (C=O) groups excluding carboxylic acids is 2. The first-order valence-corrected chi connectivity index (χ1v) is 14.8. The van der Waals surface area contributed by atoms with Gasteiger partial charge in [0.25, 0.3) is 0 Å². The molecule has 0 radical (unpaired) electrons. The molecule has 0 spiro atoms. The van der Waals surface area contributed by atoms with E-state index in [9.17, 15) is 14.9 Å². The van der Waals surface area contributed by atoms with Crippen LogP contribution in [-0.2, 0) is 14.3 Å². The molecular weight excluding hydrogens is 532 g/mol. The molecule has 1 saturated heterocycles. The van der Waals surface area contributed by atoms with Gasteiger partial charge in [-0.15, -0.1) is 0 Å². The van der Waals surface area contributed by atoms with Crippen LogP contribution in [0.5, 0.6) is 0 Å². The second-order valence-electron chi connectivity index (χ2n) is 8.88. The molecule has 1 aliphatic rings. The number of ether oxygens (including phenoxy) is 1. The van der Waals surface area contributed by atoms with E-state index in [4.69, 9.17) is 10.00 Å². The molecule has 0 saturated carbocycles. The predicted octanol–water partition coefficient (Wildman–Crippen LogP) is 4.05. The number of rotatable bonds is 8. The number of aryl methyl sites for hydroxylation is 4. The van der Waals surface area contributed by atoms with Crippen molar-refractivity contribution in [2.45, 2.75) is 51.6 Å². The van der Waals surface area contributed by atoms with Crippen molar-refractivity contribution in [3.63, 3.8) is 0 Å². The van der Waals surface area contributed by atoms with E-state index in [0.29, 0.717) is 72.1 Å². The number of pyridine rings is 2. The van der Waals surface area contributed by atoms with Gasteiger partial charge in [-0.05, 0) is 64.8 Å². The Bertz CT molecular complexity index is 1250. The normalized spacial score (nSPS) is 12.6. The minimum Gasteiger partial charge on any atom is -0.378 e. The van der Waals surface area contributed by atoms with Crippen LogP contribution in [0.4, 0.5) is 0 Å². The monoisotopic (exact) mass is 568 g/mol. The summed E-state index contributed by atoms with van der Waals surface area (Å²) in [6.45, 7) is 15.4. The SMILES string of the molecule is CCN(CC)C(=O)CSc1nc(C)cc(C)c1C#N.Cc1cc(C)c(C#N)c(SCC(=O)N2CCOCC2)n1. The summed E-state index contributed by atoms with van der Waals surface area (Å²) in [4.78, 5) is 36.3. The van der Waals surface area contributed by atoms with Gasteiger partial charge in [-0.2, -0.15) is 10.5 Å². The lowest BCUT2D eigenvalue weighted by Crippen LogP contribution is -2.41. The Morgan fingerprint density at radius 2 is 1.36 bits per heavy atom. The first-order chi connectivity index (χ1) is 18.6. The number of aromatic nitrogens is 2. The molecule has 39 heavy (non-hydrogen) atoms. The van der Waals surface area contributed by atoms with Crippen molar-refractivity contribution in [3.8, 4) is 12.1 Å². The van der Waals surface area contributed by atoms with Crippen LogP contribution in [0, 0.1) is 50.4 Å². The van der Waals surface area contributed by atoms with Crippen molar-refractivity contribution in [3.05, 3.63) is 45.8 Å². The standard InChI is InChI=1S/C14H17N3O2S.C14H19N3OS/c1-10-7-11(2)16-14(12(10)8-15)20-9-13(18)17-3-5-19-6-4-17;1-5-17(6-2)13(18)9-19-14-12(8-15)10(3)7-11(4)16-14/h7H,3-6,9H2,1-2H3;7H,5-6,9H2,1-4H3. The minimum absolute atomic E-state index is 0.0724. The van der Waals surface area contributed by atoms with Crippen molar-refractivity contribution >= 4 is 35.3 Å². The molecule has 3 heterocycles. The van der Waals surface area contributed by atoms with Crippen LogP contribution in [0.1, 0.15) is 47.5 Å². The van der Waals surface area contributed by atoms with Gasteiger partial charge in [0.1, 0.15) is 22.2 Å². The third kappa shape index (κ3) is 9.54. The average molecular weight is 569 g/mol. The van der Waals surface area contributed by atoms with Gasteiger partial charge in [0.15, 0.2) is 0 Å². The van der Waals surface area contributed by atoms with Crippen LogP contribution in [0.15, 0.2) is 22.2 Å². The molecule has 208 valence electrons. The summed E-state index contributed by atoms with van der Waals surface area (Å²) >= 11 is 2.68. The highest BCUT2D eigenvalue weighted by Gasteiger charge is 2.18. The third-order valence-electron chi connectivity index (χ3n) is 5.99. The highest BCUT2D eigenvalue weighted by molar-refractivity contribution is 8.00. The van der Waals surface area contributed by atoms with E-state index in [1.807, 2.05) is 53.7 Å². The Morgan fingerprint density at radius 3 is 1.79 bits per heavy atom. The second-order valence-corrected chi connectivity index (χ2v) is 10.8. The first-order valence-electron chi connectivity index (χ1n) is 12.8. The van der Waals surface area contributed by atoms with Gasteiger partial charge < -0.3 is 14.5 Å². The first kappa shape index (κ1) is 32.1. The Kier molecular flexibility index (Phi) is 13.2. The van der Waals surface area contributed by atoms with E-state index in [1.165, 1.54) is 23.5 Å². The van der Waals surface area contributed by atoms with Crippen LogP contribution in [0.3, 0.4) is 0 Å². The molecule has 3 rings (SSSR count). The largest absolute Gasteiger partial charge is 0.378 e. The second kappa shape index (κ2) is 16.1. The number of hydrogen-bond acceptors (Lipinski definition) is 9. The molecule has 2 aromatic heterocycles. The fraction of sp³-hybridized carbons (Fsp3) is 0.500. The van der Waals surface area contributed by atoms with Crippen molar-refractivity contribution in [2.75, 3.05) is 50.9 Å². The van der Waals surface area contributed by atoms with Crippen LogP contribution in [0.25, 0.3) is 0 Å². The maximum Gasteiger partial charge on any atom is 0.233 e. The summed E-state index contributed by atoms with van der Waals surface area (Å²) in [5.74, 6) is 0.791. The Hall–Kier alpha value is -3.12. The molecule has 11 heteroatoms. The molecule has 0 bridgehead atoms. The number of nitrogens with zero attached hydrogens (tertiary/aromatic N) is 6. The fourth-order valence-corrected chi connectivity index (χ4v) is 5.92. The predicted molar refractivity (Wildman–Crippen MR) is 154 cm³/mol. The highest BCUT2D eigenvalue weighted by Crippen LogP contribution is 2.25. The minimum atomic E-state index is 0.0724. The molecule has 0 unspecified atom stereocenters. The van der Waals surface area contributed by atoms with Gasteiger partial charge in [-0.3, -0.25) is 9.59 Å². The number of amides is 2. The lowest BCUT2D eigenvalue weighted by molar-refractivity contribution is -0.132. The van der Waals surface area contributed by atoms with Gasteiger partial charge in [-0.1, -0.05) is 23.5 Å². The van der Waals surface area contributed by atoms with E-state index in [2.05, 4.69) is 22.1 Å². The van der Waals surface area contributed by atoms with Crippen molar-refractivity contribution in [1.82, 2.24) is 19.8 Å². The smallest absolute Gasteiger partial charge is 0.233 e. The summed E-state index contributed by atoms with van der Waals surface area (Å²) in [7, 11) is 0. The van der Waals surface area contributed by atoms with Crippen molar-refractivity contribution < 1.29 is 14.3 Å². The van der Waals surface area contributed by atoms with Gasteiger partial charge >= 0.3 is 0 Å².